The average molecular weight is 341 g/mol. The molecule has 0 unspecified atom stereocenters. The van der Waals surface area contributed by atoms with Crippen LogP contribution in [0.2, 0.25) is 0 Å². The molecule has 0 rings (SSSR count). The van der Waals surface area contributed by atoms with Gasteiger partial charge >= 0.3 is 16.8 Å². The van der Waals surface area contributed by atoms with Gasteiger partial charge in [0.15, 0.2) is 0 Å². The normalized spacial score (nSPS) is 9.24. The number of hydrogen-bond acceptors (Lipinski definition) is 2. The van der Waals surface area contributed by atoms with Crippen molar-refractivity contribution < 1.29 is 26.4 Å². The second kappa shape index (κ2) is 28.1. The molecule has 2 nitrogen and oxygen atoms in total. The van der Waals surface area contributed by atoms with Crippen molar-refractivity contribution in [2.24, 2.45) is 0 Å². The van der Waals surface area contributed by atoms with Crippen LogP contribution in [0.1, 0.15) is 104 Å². The number of unbranched alkanes of at least 4 members (excludes halogenated alkanes) is 12. The van der Waals surface area contributed by atoms with Crippen molar-refractivity contribution in [2.45, 2.75) is 104 Å². The van der Waals surface area contributed by atoms with Gasteiger partial charge in [-0.05, 0) is 0 Å². The third-order valence-corrected chi connectivity index (χ3v) is 3.26. The van der Waals surface area contributed by atoms with Gasteiger partial charge in [0.05, 0.1) is 0 Å². The molecule has 0 saturated heterocycles. The third kappa shape index (κ3) is 33.0. The second-order valence-electron chi connectivity index (χ2n) is 5.32. The van der Waals surface area contributed by atoms with E-state index in [0.29, 0.717) is 12.8 Å². The summed E-state index contributed by atoms with van der Waals surface area (Å²) in [4.78, 5) is 19.5. The van der Waals surface area contributed by atoms with Crippen LogP contribution in [0.25, 0.3) is 0 Å². The third-order valence-electron chi connectivity index (χ3n) is 3.26. The Hall–Kier alpha value is -0.154. The number of hydrogen-bond donors (Lipinski definition) is 0. The van der Waals surface area contributed by atoms with Crippen molar-refractivity contribution >= 4 is 12.6 Å². The summed E-state index contributed by atoms with van der Waals surface area (Å²) in [6.07, 6.45) is 20.0. The molecule has 0 heterocycles. The average Bonchev–Trinajstić information content (AvgIpc) is 2.47. The molecule has 0 atom stereocenters. The smallest absolute Gasteiger partial charge is 0.542 e. The predicted octanol–water partition coefficient (Wildman–Crippen LogP) is 5.69. The van der Waals surface area contributed by atoms with E-state index in [1.165, 1.54) is 64.2 Å². The maximum atomic E-state index is 9.77. The van der Waals surface area contributed by atoms with Crippen molar-refractivity contribution in [3.05, 3.63) is 0 Å². The van der Waals surface area contributed by atoms with Crippen LogP contribution in [-0.2, 0) is 26.4 Å². The molecule has 1 radical (unpaired) electrons. The van der Waals surface area contributed by atoms with E-state index in [1.54, 1.807) is 0 Å². The van der Waals surface area contributed by atoms with E-state index in [-0.39, 0.29) is 16.8 Å². The first kappa shape index (κ1) is 25.8. The molecule has 21 heavy (non-hydrogen) atoms. The quantitative estimate of drug-likeness (QED) is 0.300. The van der Waals surface area contributed by atoms with Crippen LogP contribution < -0.4 is 0 Å². The Morgan fingerprint density at radius 1 is 0.524 bits per heavy atom. The number of carbonyl (C=O) groups excluding carboxylic acids is 2. The van der Waals surface area contributed by atoms with E-state index in [0.717, 1.165) is 12.8 Å². The molecule has 3 heteroatoms. The molecule has 0 N–H and O–H groups in total. The van der Waals surface area contributed by atoms with Gasteiger partial charge in [-0.15, -0.1) is 0 Å². The summed E-state index contributed by atoms with van der Waals surface area (Å²) >= 11 is 0. The van der Waals surface area contributed by atoms with Crippen molar-refractivity contribution in [2.75, 3.05) is 0 Å². The van der Waals surface area contributed by atoms with Gasteiger partial charge < -0.3 is 9.59 Å². The standard InChI is InChI=1S/2C9H17O.Co/c2*1-2-3-4-5-6-7-8-9-10;/h2*2-8H2,1H3;/q2*-1;+2. The minimum Gasteiger partial charge on any atom is -0.542 e. The fourth-order valence-electron chi connectivity index (χ4n) is 1.95. The van der Waals surface area contributed by atoms with Crippen molar-refractivity contribution in [3.63, 3.8) is 0 Å². The van der Waals surface area contributed by atoms with Gasteiger partial charge in [0.1, 0.15) is 0 Å². The van der Waals surface area contributed by atoms with Crippen LogP contribution >= 0.6 is 0 Å². The molecular weight excluding hydrogens is 307 g/mol. The maximum absolute atomic E-state index is 9.77. The molecule has 0 aliphatic rings. The Balaban J connectivity index is -0.000000295. The summed E-state index contributed by atoms with van der Waals surface area (Å²) < 4.78 is 0. The van der Waals surface area contributed by atoms with E-state index in [2.05, 4.69) is 13.8 Å². The maximum Gasteiger partial charge on any atom is 2.00 e. The van der Waals surface area contributed by atoms with Crippen LogP contribution in [0.15, 0.2) is 0 Å². The Morgan fingerprint density at radius 2 is 0.810 bits per heavy atom. The minimum atomic E-state index is 0. The first-order valence-corrected chi connectivity index (χ1v) is 8.53. The van der Waals surface area contributed by atoms with Gasteiger partial charge in [-0.3, -0.25) is 12.6 Å². The summed E-state index contributed by atoms with van der Waals surface area (Å²) in [5, 5.41) is 0. The molecule has 0 fully saturated rings. The molecule has 0 amide bonds. The fraction of sp³-hybridized carbons (Fsp3) is 0.889. The van der Waals surface area contributed by atoms with Gasteiger partial charge in [-0.25, -0.2) is 0 Å². The topological polar surface area (TPSA) is 34.1 Å². The van der Waals surface area contributed by atoms with E-state index >= 15 is 0 Å². The van der Waals surface area contributed by atoms with Gasteiger partial charge in [0.25, 0.3) is 0 Å². The van der Waals surface area contributed by atoms with Crippen LogP contribution in [0.3, 0.4) is 0 Å². The predicted molar refractivity (Wildman–Crippen MR) is 87.4 cm³/mol. The molecule has 0 aromatic rings. The fourth-order valence-corrected chi connectivity index (χ4v) is 1.95. The van der Waals surface area contributed by atoms with Gasteiger partial charge in [0, 0.05) is 0 Å². The molecule has 0 spiro atoms. The van der Waals surface area contributed by atoms with Crippen molar-refractivity contribution in [3.8, 4) is 0 Å². The van der Waals surface area contributed by atoms with Gasteiger partial charge in [-0.2, -0.15) is 12.8 Å². The van der Waals surface area contributed by atoms with Crippen LogP contribution in [0.4, 0.5) is 0 Å². The monoisotopic (exact) mass is 341 g/mol. The zero-order valence-electron chi connectivity index (χ0n) is 14.0. The molecule has 0 bridgehead atoms. The molecule has 0 aliphatic heterocycles. The zero-order valence-corrected chi connectivity index (χ0v) is 15.1. The van der Waals surface area contributed by atoms with Crippen molar-refractivity contribution in [1.82, 2.24) is 0 Å². The van der Waals surface area contributed by atoms with E-state index in [4.69, 9.17) is 0 Å². The molecular formula is C18H34CoO2. The molecule has 127 valence electrons. The summed E-state index contributed by atoms with van der Waals surface area (Å²) in [6.45, 7) is 4.42. The van der Waals surface area contributed by atoms with E-state index < -0.39 is 0 Å². The molecule has 0 saturated carbocycles. The van der Waals surface area contributed by atoms with Gasteiger partial charge in [-0.1, -0.05) is 90.9 Å². The Morgan fingerprint density at radius 3 is 1.10 bits per heavy atom. The first-order valence-electron chi connectivity index (χ1n) is 8.53. The molecule has 0 aliphatic carbocycles. The van der Waals surface area contributed by atoms with Crippen molar-refractivity contribution in [1.29, 1.82) is 0 Å². The summed E-state index contributed by atoms with van der Waals surface area (Å²) in [7, 11) is 0. The van der Waals surface area contributed by atoms with Crippen LogP contribution in [-0.4, -0.2) is 12.6 Å². The van der Waals surface area contributed by atoms with E-state index in [1.807, 2.05) is 12.6 Å². The molecule has 0 aromatic carbocycles. The Bertz CT molecular complexity index is 164. The number of rotatable bonds is 14. The Kier molecular flexibility index (Phi) is 34.5. The minimum absolute atomic E-state index is 0. The SMILES string of the molecule is CCCCCCCC[C-]=O.CCCCCCCC[C-]=O.[Co+2]. The largest absolute Gasteiger partial charge is 2.00 e. The van der Waals surface area contributed by atoms with E-state index in [9.17, 15) is 9.59 Å². The summed E-state index contributed by atoms with van der Waals surface area (Å²) in [5.41, 5.74) is 0. The van der Waals surface area contributed by atoms with Gasteiger partial charge in [0.2, 0.25) is 0 Å². The summed E-state index contributed by atoms with van der Waals surface area (Å²) in [6, 6.07) is 0. The Labute approximate surface area is 143 Å². The second-order valence-corrected chi connectivity index (χ2v) is 5.32. The van der Waals surface area contributed by atoms with Crippen LogP contribution in [0.5, 0.6) is 0 Å². The summed E-state index contributed by atoms with van der Waals surface area (Å²) in [5.74, 6) is 0. The molecule has 0 aromatic heterocycles. The zero-order chi connectivity index (χ0) is 15.3. The van der Waals surface area contributed by atoms with Crippen LogP contribution in [0, 0.1) is 0 Å². The first-order chi connectivity index (χ1) is 9.83.